The first-order valence-corrected chi connectivity index (χ1v) is 10.2. The summed E-state index contributed by atoms with van der Waals surface area (Å²) in [5.41, 5.74) is 0.594. The second kappa shape index (κ2) is 7.63. The normalized spacial score (nSPS) is 22.3. The van der Waals surface area contributed by atoms with Gasteiger partial charge in [0.2, 0.25) is 0 Å². The molecule has 1 atom stereocenters. The molecule has 0 N–H and O–H groups in total. The van der Waals surface area contributed by atoms with E-state index < -0.39 is 23.8 Å². The zero-order valence-electron chi connectivity index (χ0n) is 16.7. The number of carbonyl (C=O) groups excluding carboxylic acids is 3. The van der Waals surface area contributed by atoms with Crippen LogP contribution in [0.4, 0.5) is 0 Å². The quantitative estimate of drug-likeness (QED) is 0.568. The van der Waals surface area contributed by atoms with E-state index in [0.717, 1.165) is 17.5 Å². The minimum atomic E-state index is -2.19. The number of rotatable bonds is 4. The number of hydrogen-bond acceptors (Lipinski definition) is 7. The molecule has 1 aromatic rings. The molecule has 1 aromatic carbocycles. The summed E-state index contributed by atoms with van der Waals surface area (Å²) in [6, 6.07) is 7.81. The largest absolute Gasteiger partial charge is 0.463 e. The summed E-state index contributed by atoms with van der Waals surface area (Å²) in [6.07, 6.45) is 1.68. The number of hydrogen-bond donors (Lipinski definition) is 0. The predicted molar refractivity (Wildman–Crippen MR) is 103 cm³/mol. The minimum absolute atomic E-state index is 0.0606. The lowest BCUT2D eigenvalue weighted by atomic mass is 9.79. The Balaban J connectivity index is 1.94. The molecule has 29 heavy (non-hydrogen) atoms. The van der Waals surface area contributed by atoms with Gasteiger partial charge in [0.05, 0.1) is 18.8 Å². The van der Waals surface area contributed by atoms with Crippen molar-refractivity contribution in [3.05, 3.63) is 46.7 Å². The van der Waals surface area contributed by atoms with Gasteiger partial charge in [0, 0.05) is 24.2 Å². The lowest BCUT2D eigenvalue weighted by Gasteiger charge is -2.50. The fraction of sp³-hybridized carbons (Fsp3) is 0.500. The van der Waals surface area contributed by atoms with Crippen LogP contribution in [0.1, 0.15) is 50.5 Å². The van der Waals surface area contributed by atoms with Gasteiger partial charge in [-0.1, -0.05) is 24.3 Å². The number of esters is 2. The molecule has 2 heterocycles. The molecule has 2 aliphatic heterocycles. The number of ketones is 1. The van der Waals surface area contributed by atoms with Crippen LogP contribution in [-0.4, -0.2) is 48.0 Å². The van der Waals surface area contributed by atoms with Crippen LogP contribution >= 0.6 is 0 Å². The summed E-state index contributed by atoms with van der Waals surface area (Å²) in [4.78, 5) is 41.4. The number of Topliss-reactive ketones (excluding diaryl/α,β-unsaturated/α-hetero) is 1. The maximum absolute atomic E-state index is 13.2. The summed E-state index contributed by atoms with van der Waals surface area (Å²) >= 11 is 0. The molecular formula is C22H25NO6. The van der Waals surface area contributed by atoms with Gasteiger partial charge in [-0.25, -0.2) is 9.59 Å². The lowest BCUT2D eigenvalue weighted by Crippen LogP contribution is -2.61. The van der Waals surface area contributed by atoms with E-state index in [0.29, 0.717) is 25.1 Å². The van der Waals surface area contributed by atoms with E-state index in [-0.39, 0.29) is 31.0 Å². The molecule has 1 aliphatic carbocycles. The van der Waals surface area contributed by atoms with Crippen molar-refractivity contribution < 1.29 is 28.6 Å². The first kappa shape index (κ1) is 19.6. The minimum Gasteiger partial charge on any atom is -0.463 e. The van der Waals surface area contributed by atoms with Gasteiger partial charge in [0.25, 0.3) is 5.60 Å². The van der Waals surface area contributed by atoms with Crippen LogP contribution in [0.3, 0.4) is 0 Å². The maximum Gasteiger partial charge on any atom is 0.355 e. The highest BCUT2D eigenvalue weighted by Gasteiger charge is 2.62. The summed E-state index contributed by atoms with van der Waals surface area (Å²) in [5, 5.41) is 0. The Kier molecular flexibility index (Phi) is 5.17. The van der Waals surface area contributed by atoms with Crippen molar-refractivity contribution in [2.24, 2.45) is 0 Å². The molecule has 0 unspecified atom stereocenters. The molecule has 0 saturated heterocycles. The fourth-order valence-corrected chi connectivity index (χ4v) is 4.52. The van der Waals surface area contributed by atoms with Gasteiger partial charge in [-0.3, -0.25) is 4.79 Å². The highest BCUT2D eigenvalue weighted by atomic mass is 16.6. The van der Waals surface area contributed by atoms with Gasteiger partial charge in [-0.15, -0.1) is 0 Å². The Labute approximate surface area is 169 Å². The molecule has 3 aliphatic rings. The summed E-state index contributed by atoms with van der Waals surface area (Å²) < 4.78 is 16.8. The maximum atomic E-state index is 13.2. The Morgan fingerprint density at radius 2 is 1.79 bits per heavy atom. The number of nitrogens with zero attached hydrogens (tertiary/aromatic N) is 1. The third kappa shape index (κ3) is 2.95. The fourth-order valence-electron chi connectivity index (χ4n) is 4.52. The highest BCUT2D eigenvalue weighted by Crippen LogP contribution is 2.48. The number of allylic oxidation sites excluding steroid dienone is 1. The van der Waals surface area contributed by atoms with Crippen molar-refractivity contribution in [3.8, 4) is 0 Å². The molecule has 154 valence electrons. The van der Waals surface area contributed by atoms with Gasteiger partial charge >= 0.3 is 11.9 Å². The standard InChI is InChI=1S/C22H25NO6/c1-3-27-20(25)22(21(26)28-4-2)18-16(10-7-11-17(18)24)23-13-12-14-8-5-6-9-15(14)19(23)29-22/h5-6,8-9,19H,3-4,7,10-13H2,1-2H3/t19-/m1/s1. The second-order valence-corrected chi connectivity index (χ2v) is 7.33. The SMILES string of the molecule is CCOC(=O)C1(C(=O)OCC)O[C@@H]2c3ccccc3CCN2C2=C1C(=O)CCC2. The number of carbonyl (C=O) groups is 3. The van der Waals surface area contributed by atoms with E-state index in [4.69, 9.17) is 14.2 Å². The molecule has 0 saturated carbocycles. The smallest absolute Gasteiger partial charge is 0.355 e. The average Bonchev–Trinajstić information content (AvgIpc) is 2.73. The van der Waals surface area contributed by atoms with Crippen molar-refractivity contribution in [1.29, 1.82) is 0 Å². The lowest BCUT2D eigenvalue weighted by molar-refractivity contribution is -0.211. The van der Waals surface area contributed by atoms with Crippen molar-refractivity contribution in [2.45, 2.75) is 51.4 Å². The molecular weight excluding hydrogens is 374 g/mol. The van der Waals surface area contributed by atoms with E-state index in [1.807, 2.05) is 29.2 Å². The second-order valence-electron chi connectivity index (χ2n) is 7.33. The van der Waals surface area contributed by atoms with Crippen LogP contribution in [0.15, 0.2) is 35.5 Å². The summed E-state index contributed by atoms with van der Waals surface area (Å²) in [6.45, 7) is 4.07. The van der Waals surface area contributed by atoms with Crippen LogP contribution in [0, 0.1) is 0 Å². The van der Waals surface area contributed by atoms with Crippen LogP contribution in [0.25, 0.3) is 0 Å². The first-order chi connectivity index (χ1) is 14.0. The molecule has 0 aromatic heterocycles. The van der Waals surface area contributed by atoms with Crippen molar-refractivity contribution in [1.82, 2.24) is 4.90 Å². The van der Waals surface area contributed by atoms with Crippen molar-refractivity contribution in [2.75, 3.05) is 19.8 Å². The number of fused-ring (bicyclic) bond motifs is 4. The topological polar surface area (TPSA) is 82.1 Å². The Morgan fingerprint density at radius 1 is 1.10 bits per heavy atom. The summed E-state index contributed by atoms with van der Waals surface area (Å²) in [5.74, 6) is -2.03. The van der Waals surface area contributed by atoms with Crippen LogP contribution in [-0.2, 0) is 35.0 Å². The van der Waals surface area contributed by atoms with Crippen LogP contribution in [0.5, 0.6) is 0 Å². The number of ether oxygens (including phenoxy) is 3. The Morgan fingerprint density at radius 3 is 2.48 bits per heavy atom. The zero-order chi connectivity index (χ0) is 20.6. The Bertz CT molecular complexity index is 871. The van der Waals surface area contributed by atoms with E-state index in [1.54, 1.807) is 13.8 Å². The molecule has 0 bridgehead atoms. The van der Waals surface area contributed by atoms with E-state index in [2.05, 4.69) is 0 Å². The van der Waals surface area contributed by atoms with Gasteiger partial charge in [0.1, 0.15) is 0 Å². The van der Waals surface area contributed by atoms with Crippen LogP contribution < -0.4 is 0 Å². The molecule has 0 amide bonds. The molecule has 0 spiro atoms. The van der Waals surface area contributed by atoms with Gasteiger partial charge < -0.3 is 19.1 Å². The van der Waals surface area contributed by atoms with E-state index in [9.17, 15) is 14.4 Å². The molecule has 7 heteroatoms. The average molecular weight is 399 g/mol. The predicted octanol–water partition coefficient (Wildman–Crippen LogP) is 2.45. The van der Waals surface area contributed by atoms with E-state index in [1.165, 1.54) is 0 Å². The third-order valence-corrected chi connectivity index (χ3v) is 5.72. The third-order valence-electron chi connectivity index (χ3n) is 5.72. The molecule has 0 radical (unpaired) electrons. The molecule has 0 fully saturated rings. The monoisotopic (exact) mass is 399 g/mol. The van der Waals surface area contributed by atoms with Gasteiger partial charge in [0.15, 0.2) is 12.0 Å². The first-order valence-electron chi connectivity index (χ1n) is 10.2. The van der Waals surface area contributed by atoms with Gasteiger partial charge in [-0.05, 0) is 38.7 Å². The highest BCUT2D eigenvalue weighted by molar-refractivity contribution is 6.17. The van der Waals surface area contributed by atoms with E-state index >= 15 is 0 Å². The summed E-state index contributed by atoms with van der Waals surface area (Å²) in [7, 11) is 0. The van der Waals surface area contributed by atoms with Crippen LogP contribution in [0.2, 0.25) is 0 Å². The van der Waals surface area contributed by atoms with Crippen molar-refractivity contribution in [3.63, 3.8) is 0 Å². The molecule has 4 rings (SSSR count). The van der Waals surface area contributed by atoms with Gasteiger partial charge in [-0.2, -0.15) is 0 Å². The Hall–Kier alpha value is -2.67. The number of benzene rings is 1. The van der Waals surface area contributed by atoms with Crippen molar-refractivity contribution >= 4 is 17.7 Å². The zero-order valence-corrected chi connectivity index (χ0v) is 16.7. The molecule has 7 nitrogen and oxygen atoms in total.